The number of aromatic nitrogens is 1. The fourth-order valence-corrected chi connectivity index (χ4v) is 1.27. The molecular weight excluding hydrogens is 194 g/mol. The number of aliphatic hydroxyl groups is 1. The molecule has 4 nitrogen and oxygen atoms in total. The smallest absolute Gasteiger partial charge is 0.340 e. The third-order valence-electron chi connectivity index (χ3n) is 1.88. The minimum atomic E-state index is -1.15. The average Bonchev–Trinajstić information content (AvgIpc) is 2.17. The van der Waals surface area contributed by atoms with Gasteiger partial charge in [-0.15, -0.1) is 0 Å². The summed E-state index contributed by atoms with van der Waals surface area (Å²) in [5.74, 6) is -0.456. The molecule has 1 rings (SSSR count). The monoisotopic (exact) mass is 209 g/mol. The molecule has 0 fully saturated rings. The van der Waals surface area contributed by atoms with Gasteiger partial charge in [0.15, 0.2) is 0 Å². The Morgan fingerprint density at radius 3 is 2.80 bits per heavy atom. The van der Waals surface area contributed by atoms with Gasteiger partial charge in [0.2, 0.25) is 0 Å². The molecule has 0 bridgehead atoms. The predicted octanol–water partition coefficient (Wildman–Crippen LogP) is 1.49. The second-order valence-corrected chi connectivity index (χ2v) is 3.68. The molecule has 0 unspecified atom stereocenters. The molecule has 0 aliphatic rings. The summed E-state index contributed by atoms with van der Waals surface area (Å²) < 4.78 is 4.87. The molecule has 0 atom stereocenters. The maximum Gasteiger partial charge on any atom is 0.340 e. The summed E-state index contributed by atoms with van der Waals surface area (Å²) in [7, 11) is 0. The van der Waals surface area contributed by atoms with Crippen molar-refractivity contribution in [3.8, 4) is 0 Å². The van der Waals surface area contributed by atoms with Crippen LogP contribution in [-0.2, 0) is 10.3 Å². The van der Waals surface area contributed by atoms with E-state index in [9.17, 15) is 9.90 Å². The highest BCUT2D eigenvalue weighted by Crippen LogP contribution is 2.21. The average molecular weight is 209 g/mol. The second-order valence-electron chi connectivity index (χ2n) is 3.68. The predicted molar refractivity (Wildman–Crippen MR) is 55.4 cm³/mol. The highest BCUT2D eigenvalue weighted by molar-refractivity contribution is 5.90. The van der Waals surface area contributed by atoms with Crippen LogP contribution in [0, 0.1) is 0 Å². The summed E-state index contributed by atoms with van der Waals surface area (Å²) in [5, 5.41) is 9.82. The molecule has 15 heavy (non-hydrogen) atoms. The molecular formula is C11H15NO3. The van der Waals surface area contributed by atoms with Crippen molar-refractivity contribution in [3.05, 3.63) is 29.6 Å². The van der Waals surface area contributed by atoms with Gasteiger partial charge in [0, 0.05) is 6.20 Å². The van der Waals surface area contributed by atoms with Gasteiger partial charge in [0.25, 0.3) is 0 Å². The van der Waals surface area contributed by atoms with Crippen LogP contribution in [0.1, 0.15) is 36.8 Å². The van der Waals surface area contributed by atoms with E-state index in [1.54, 1.807) is 32.9 Å². The Morgan fingerprint density at radius 1 is 1.60 bits per heavy atom. The quantitative estimate of drug-likeness (QED) is 0.766. The first-order valence-electron chi connectivity index (χ1n) is 4.81. The summed E-state index contributed by atoms with van der Waals surface area (Å²) in [6.07, 6.45) is 1.54. The van der Waals surface area contributed by atoms with E-state index in [-0.39, 0.29) is 0 Å². The lowest BCUT2D eigenvalue weighted by molar-refractivity contribution is 0.0479. The van der Waals surface area contributed by atoms with E-state index in [2.05, 4.69) is 4.98 Å². The molecule has 1 heterocycles. The first-order valence-corrected chi connectivity index (χ1v) is 4.81. The summed E-state index contributed by atoms with van der Waals surface area (Å²) in [4.78, 5) is 15.5. The van der Waals surface area contributed by atoms with Gasteiger partial charge in [-0.05, 0) is 32.9 Å². The Hall–Kier alpha value is -1.42. The molecule has 0 radical (unpaired) electrons. The molecule has 0 aliphatic heterocycles. The summed E-state index contributed by atoms with van der Waals surface area (Å²) in [6, 6.07) is 3.24. The molecule has 0 aromatic carbocycles. The van der Waals surface area contributed by atoms with E-state index in [0.717, 1.165) is 0 Å². The second kappa shape index (κ2) is 4.40. The first-order chi connectivity index (χ1) is 6.96. The Bertz CT molecular complexity index is 355. The zero-order valence-electron chi connectivity index (χ0n) is 9.15. The molecule has 0 amide bonds. The minimum absolute atomic E-state index is 0.305. The fraction of sp³-hybridized carbons (Fsp3) is 0.455. The van der Waals surface area contributed by atoms with Crippen LogP contribution in [0.3, 0.4) is 0 Å². The minimum Gasteiger partial charge on any atom is -0.462 e. The standard InChI is InChI=1S/C11H15NO3/c1-4-15-10(13)8-6-5-7-12-9(8)11(2,3)14/h5-7,14H,4H2,1-3H3. The van der Waals surface area contributed by atoms with Gasteiger partial charge in [-0.25, -0.2) is 4.79 Å². The number of nitrogens with zero attached hydrogens (tertiary/aromatic N) is 1. The number of ether oxygens (including phenoxy) is 1. The van der Waals surface area contributed by atoms with Crippen LogP contribution in [0.25, 0.3) is 0 Å². The van der Waals surface area contributed by atoms with Crippen LogP contribution in [-0.4, -0.2) is 22.7 Å². The summed E-state index contributed by atoms with van der Waals surface area (Å²) in [6.45, 7) is 5.20. The number of hydrogen-bond acceptors (Lipinski definition) is 4. The van der Waals surface area contributed by atoms with Crippen LogP contribution in [0.4, 0.5) is 0 Å². The van der Waals surface area contributed by atoms with Gasteiger partial charge in [0.1, 0.15) is 5.60 Å². The summed E-state index contributed by atoms with van der Waals surface area (Å²) in [5.41, 5.74) is -0.501. The largest absolute Gasteiger partial charge is 0.462 e. The maximum atomic E-state index is 11.5. The van der Waals surface area contributed by atoms with Gasteiger partial charge < -0.3 is 9.84 Å². The lowest BCUT2D eigenvalue weighted by Gasteiger charge is -2.19. The van der Waals surface area contributed by atoms with Gasteiger partial charge in [-0.2, -0.15) is 0 Å². The van der Waals surface area contributed by atoms with Crippen LogP contribution >= 0.6 is 0 Å². The van der Waals surface area contributed by atoms with Crippen molar-refractivity contribution in [2.24, 2.45) is 0 Å². The molecule has 82 valence electrons. The van der Waals surface area contributed by atoms with E-state index in [4.69, 9.17) is 4.74 Å². The van der Waals surface area contributed by atoms with Crippen LogP contribution in [0.2, 0.25) is 0 Å². The maximum absolute atomic E-state index is 11.5. The van der Waals surface area contributed by atoms with E-state index in [0.29, 0.717) is 17.9 Å². The molecule has 1 aromatic rings. The molecule has 4 heteroatoms. The third kappa shape index (κ3) is 2.76. The van der Waals surface area contributed by atoms with E-state index in [1.807, 2.05) is 0 Å². The summed E-state index contributed by atoms with van der Waals surface area (Å²) >= 11 is 0. The zero-order valence-corrected chi connectivity index (χ0v) is 9.15. The van der Waals surface area contributed by atoms with E-state index < -0.39 is 11.6 Å². The third-order valence-corrected chi connectivity index (χ3v) is 1.88. The molecule has 0 spiro atoms. The SMILES string of the molecule is CCOC(=O)c1cccnc1C(C)(C)O. The first kappa shape index (κ1) is 11.7. The highest BCUT2D eigenvalue weighted by Gasteiger charge is 2.25. The topological polar surface area (TPSA) is 59.4 Å². The van der Waals surface area contributed by atoms with Crippen molar-refractivity contribution in [2.45, 2.75) is 26.4 Å². The van der Waals surface area contributed by atoms with Crippen molar-refractivity contribution < 1.29 is 14.6 Å². The Morgan fingerprint density at radius 2 is 2.27 bits per heavy atom. The Labute approximate surface area is 88.9 Å². The van der Waals surface area contributed by atoms with Crippen LogP contribution in [0.5, 0.6) is 0 Å². The molecule has 0 aliphatic carbocycles. The van der Waals surface area contributed by atoms with Gasteiger partial charge in [-0.3, -0.25) is 4.98 Å². The van der Waals surface area contributed by atoms with Crippen molar-refractivity contribution in [2.75, 3.05) is 6.61 Å². The number of carbonyl (C=O) groups is 1. The van der Waals surface area contributed by atoms with E-state index in [1.165, 1.54) is 6.20 Å². The van der Waals surface area contributed by atoms with Crippen LogP contribution in [0.15, 0.2) is 18.3 Å². The van der Waals surface area contributed by atoms with Crippen molar-refractivity contribution in [1.82, 2.24) is 4.98 Å². The van der Waals surface area contributed by atoms with Crippen molar-refractivity contribution in [3.63, 3.8) is 0 Å². The van der Waals surface area contributed by atoms with Gasteiger partial charge in [0.05, 0.1) is 17.9 Å². The van der Waals surface area contributed by atoms with Crippen molar-refractivity contribution in [1.29, 1.82) is 0 Å². The molecule has 1 aromatic heterocycles. The fourth-order valence-electron chi connectivity index (χ4n) is 1.27. The van der Waals surface area contributed by atoms with Gasteiger partial charge in [-0.1, -0.05) is 0 Å². The normalized spacial score (nSPS) is 11.2. The Balaban J connectivity index is 3.12. The number of rotatable bonds is 3. The zero-order chi connectivity index (χ0) is 11.5. The van der Waals surface area contributed by atoms with Crippen LogP contribution < -0.4 is 0 Å². The van der Waals surface area contributed by atoms with Crippen molar-refractivity contribution >= 4 is 5.97 Å². The Kier molecular flexibility index (Phi) is 3.42. The molecule has 0 saturated carbocycles. The lowest BCUT2D eigenvalue weighted by Crippen LogP contribution is -2.22. The highest BCUT2D eigenvalue weighted by atomic mass is 16.5. The number of carbonyl (C=O) groups excluding carboxylic acids is 1. The number of esters is 1. The molecule has 0 saturated heterocycles. The molecule has 1 N–H and O–H groups in total. The van der Waals surface area contributed by atoms with Gasteiger partial charge >= 0.3 is 5.97 Å². The number of hydrogen-bond donors (Lipinski definition) is 1. The van der Waals surface area contributed by atoms with E-state index >= 15 is 0 Å². The number of pyridine rings is 1. The lowest BCUT2D eigenvalue weighted by atomic mass is 9.99.